The number of amides is 1. The number of hydrogen-bond acceptors (Lipinski definition) is 3. The molecule has 1 aliphatic carbocycles. The molecule has 1 fully saturated rings. The maximum absolute atomic E-state index is 12.3. The lowest BCUT2D eigenvalue weighted by atomic mass is 10.0. The van der Waals surface area contributed by atoms with Crippen molar-refractivity contribution in [1.82, 2.24) is 15.2 Å². The van der Waals surface area contributed by atoms with Crippen LogP contribution in [-0.2, 0) is 11.3 Å². The fourth-order valence-corrected chi connectivity index (χ4v) is 3.50. The Hall–Kier alpha value is -1.94. The number of aryl methyl sites for hydroxylation is 1. The van der Waals surface area contributed by atoms with Gasteiger partial charge in [0.1, 0.15) is 0 Å². The van der Waals surface area contributed by atoms with Crippen molar-refractivity contribution in [1.29, 1.82) is 0 Å². The molecule has 1 aromatic heterocycles. The third kappa shape index (κ3) is 3.70. The molecule has 1 aromatic carbocycles. The zero-order valence-corrected chi connectivity index (χ0v) is 14.0. The van der Waals surface area contributed by atoms with Gasteiger partial charge in [-0.3, -0.25) is 14.7 Å². The highest BCUT2D eigenvalue weighted by Gasteiger charge is 2.21. The van der Waals surface area contributed by atoms with Crippen LogP contribution in [0.1, 0.15) is 36.8 Å². The molecule has 2 aromatic rings. The topological polar surface area (TPSA) is 45.2 Å². The second-order valence-corrected chi connectivity index (χ2v) is 6.56. The Balaban J connectivity index is 1.64. The van der Waals surface area contributed by atoms with E-state index in [0.717, 1.165) is 16.5 Å². The first-order chi connectivity index (χ1) is 11.1. The third-order valence-electron chi connectivity index (χ3n) is 4.93. The molecular weight excluding hydrogens is 286 g/mol. The maximum atomic E-state index is 12.3. The minimum atomic E-state index is 0.0969. The van der Waals surface area contributed by atoms with E-state index in [-0.39, 0.29) is 5.91 Å². The number of fused-ring (bicyclic) bond motifs is 1. The van der Waals surface area contributed by atoms with E-state index < -0.39 is 0 Å². The van der Waals surface area contributed by atoms with Gasteiger partial charge in [-0.2, -0.15) is 0 Å². The largest absolute Gasteiger partial charge is 0.351 e. The maximum Gasteiger partial charge on any atom is 0.234 e. The van der Waals surface area contributed by atoms with Crippen LogP contribution in [0.2, 0.25) is 0 Å². The number of rotatable bonds is 5. The Kier molecular flexibility index (Phi) is 4.91. The van der Waals surface area contributed by atoms with Crippen molar-refractivity contribution in [2.75, 3.05) is 13.6 Å². The molecular formula is C19H25N3O. The van der Waals surface area contributed by atoms with Gasteiger partial charge in [0.15, 0.2) is 0 Å². The number of carbonyl (C=O) groups is 1. The van der Waals surface area contributed by atoms with Gasteiger partial charge in [0.05, 0.1) is 12.1 Å². The fraction of sp³-hybridized carbons (Fsp3) is 0.474. The van der Waals surface area contributed by atoms with Gasteiger partial charge >= 0.3 is 0 Å². The van der Waals surface area contributed by atoms with Crippen LogP contribution in [0.5, 0.6) is 0 Å². The second-order valence-electron chi connectivity index (χ2n) is 6.56. The van der Waals surface area contributed by atoms with Crippen LogP contribution in [0.3, 0.4) is 0 Å². The summed E-state index contributed by atoms with van der Waals surface area (Å²) in [6, 6.07) is 8.69. The zero-order valence-electron chi connectivity index (χ0n) is 14.0. The van der Waals surface area contributed by atoms with E-state index in [0.29, 0.717) is 19.1 Å². The summed E-state index contributed by atoms with van der Waals surface area (Å²) in [7, 11) is 2.06. The highest BCUT2D eigenvalue weighted by molar-refractivity contribution is 5.84. The van der Waals surface area contributed by atoms with E-state index in [9.17, 15) is 4.79 Å². The minimum Gasteiger partial charge on any atom is -0.351 e. The standard InChI is InChI=1S/C19H25N3O/c1-14-9-10-18-16(8-5-11-20-18)17(14)12-21-19(23)13-22(2)15-6-3-4-7-15/h5,8-11,15H,3-4,6-7,12-13H2,1-2H3,(H,21,23). The number of hydrogen-bond donors (Lipinski definition) is 1. The molecule has 0 spiro atoms. The summed E-state index contributed by atoms with van der Waals surface area (Å²) in [5.41, 5.74) is 3.33. The summed E-state index contributed by atoms with van der Waals surface area (Å²) in [4.78, 5) is 18.8. The lowest BCUT2D eigenvalue weighted by Crippen LogP contribution is -2.39. The Bertz CT molecular complexity index is 692. The van der Waals surface area contributed by atoms with Gasteiger partial charge in [0, 0.05) is 24.2 Å². The van der Waals surface area contributed by atoms with Crippen LogP contribution in [0.15, 0.2) is 30.5 Å². The molecule has 1 saturated carbocycles. The average molecular weight is 311 g/mol. The number of likely N-dealkylation sites (N-methyl/N-ethyl adjacent to an activating group) is 1. The Morgan fingerprint density at radius 3 is 2.87 bits per heavy atom. The molecule has 1 N–H and O–H groups in total. The summed E-state index contributed by atoms with van der Waals surface area (Å²) in [5.74, 6) is 0.0969. The smallest absolute Gasteiger partial charge is 0.234 e. The van der Waals surface area contributed by atoms with E-state index >= 15 is 0 Å². The number of pyridine rings is 1. The van der Waals surface area contributed by atoms with Crippen molar-refractivity contribution in [2.45, 2.75) is 45.2 Å². The molecule has 0 bridgehead atoms. The number of carbonyl (C=O) groups excluding carboxylic acids is 1. The van der Waals surface area contributed by atoms with E-state index in [4.69, 9.17) is 0 Å². The van der Waals surface area contributed by atoms with Crippen LogP contribution in [0.4, 0.5) is 0 Å². The highest BCUT2D eigenvalue weighted by Crippen LogP contribution is 2.22. The van der Waals surface area contributed by atoms with Crippen molar-refractivity contribution in [2.24, 2.45) is 0 Å². The molecule has 0 unspecified atom stereocenters. The van der Waals surface area contributed by atoms with E-state index in [1.165, 1.54) is 31.2 Å². The summed E-state index contributed by atoms with van der Waals surface area (Å²) >= 11 is 0. The molecule has 1 amide bonds. The zero-order chi connectivity index (χ0) is 16.2. The van der Waals surface area contributed by atoms with Crippen molar-refractivity contribution in [3.05, 3.63) is 41.6 Å². The monoisotopic (exact) mass is 311 g/mol. The van der Waals surface area contributed by atoms with Crippen LogP contribution < -0.4 is 5.32 Å². The molecule has 0 radical (unpaired) electrons. The van der Waals surface area contributed by atoms with Gasteiger partial charge in [0.25, 0.3) is 0 Å². The molecule has 0 atom stereocenters. The first kappa shape index (κ1) is 15.9. The molecule has 4 heteroatoms. The van der Waals surface area contributed by atoms with Crippen molar-refractivity contribution in [3.8, 4) is 0 Å². The first-order valence-corrected chi connectivity index (χ1v) is 8.45. The third-order valence-corrected chi connectivity index (χ3v) is 4.93. The van der Waals surface area contributed by atoms with Crippen LogP contribution in [0.25, 0.3) is 10.9 Å². The normalized spacial score (nSPS) is 15.4. The van der Waals surface area contributed by atoms with Gasteiger partial charge in [-0.25, -0.2) is 0 Å². The van der Waals surface area contributed by atoms with Crippen molar-refractivity contribution < 1.29 is 4.79 Å². The van der Waals surface area contributed by atoms with E-state index in [1.807, 2.05) is 12.1 Å². The summed E-state index contributed by atoms with van der Waals surface area (Å²) < 4.78 is 0. The molecule has 122 valence electrons. The molecule has 4 nitrogen and oxygen atoms in total. The molecule has 3 rings (SSSR count). The van der Waals surface area contributed by atoms with Crippen molar-refractivity contribution in [3.63, 3.8) is 0 Å². The average Bonchev–Trinajstić information content (AvgIpc) is 3.08. The Morgan fingerprint density at radius 2 is 2.09 bits per heavy atom. The summed E-state index contributed by atoms with van der Waals surface area (Å²) in [6.07, 6.45) is 6.82. The predicted octanol–water partition coefficient (Wildman–Crippen LogP) is 3.03. The van der Waals surface area contributed by atoms with Gasteiger partial charge in [-0.1, -0.05) is 25.0 Å². The first-order valence-electron chi connectivity index (χ1n) is 8.45. The van der Waals surface area contributed by atoms with Gasteiger partial charge in [-0.15, -0.1) is 0 Å². The molecule has 1 aliphatic rings. The SMILES string of the molecule is Cc1ccc2ncccc2c1CNC(=O)CN(C)C1CCCC1. The van der Waals surface area contributed by atoms with E-state index in [2.05, 4.69) is 41.3 Å². The number of nitrogens with one attached hydrogen (secondary N) is 1. The predicted molar refractivity (Wildman–Crippen MR) is 93.2 cm³/mol. The lowest BCUT2D eigenvalue weighted by molar-refractivity contribution is -0.122. The Morgan fingerprint density at radius 1 is 1.30 bits per heavy atom. The molecule has 0 aliphatic heterocycles. The van der Waals surface area contributed by atoms with Crippen LogP contribution in [-0.4, -0.2) is 35.4 Å². The number of benzene rings is 1. The van der Waals surface area contributed by atoms with Crippen molar-refractivity contribution >= 4 is 16.8 Å². The molecule has 23 heavy (non-hydrogen) atoms. The molecule has 0 saturated heterocycles. The van der Waals surface area contributed by atoms with Gasteiger partial charge < -0.3 is 5.32 Å². The summed E-state index contributed by atoms with van der Waals surface area (Å²) in [5, 5.41) is 4.20. The van der Waals surface area contributed by atoms with Gasteiger partial charge in [-0.05, 0) is 50.1 Å². The van der Waals surface area contributed by atoms with Crippen LogP contribution in [0, 0.1) is 6.92 Å². The Labute approximate surface area is 137 Å². The summed E-state index contributed by atoms with van der Waals surface area (Å²) in [6.45, 7) is 3.12. The quantitative estimate of drug-likeness (QED) is 0.923. The number of nitrogens with zero attached hydrogens (tertiary/aromatic N) is 2. The minimum absolute atomic E-state index is 0.0969. The second kappa shape index (κ2) is 7.09. The van der Waals surface area contributed by atoms with Gasteiger partial charge in [0.2, 0.25) is 5.91 Å². The van der Waals surface area contributed by atoms with Crippen LogP contribution >= 0.6 is 0 Å². The number of aromatic nitrogens is 1. The molecule has 1 heterocycles. The fourth-order valence-electron chi connectivity index (χ4n) is 3.50. The highest BCUT2D eigenvalue weighted by atomic mass is 16.2. The lowest BCUT2D eigenvalue weighted by Gasteiger charge is -2.23. The van der Waals surface area contributed by atoms with E-state index in [1.54, 1.807) is 6.20 Å².